The Morgan fingerprint density at radius 2 is 2.16 bits per heavy atom. The van der Waals surface area contributed by atoms with Gasteiger partial charge in [0, 0.05) is 18.4 Å². The smallest absolute Gasteiger partial charge is 0.333 e. The maximum absolute atomic E-state index is 12.2. The van der Waals surface area contributed by atoms with E-state index in [2.05, 4.69) is 0 Å². The van der Waals surface area contributed by atoms with Gasteiger partial charge in [-0.2, -0.15) is 11.8 Å². The predicted molar refractivity (Wildman–Crippen MR) is 75.6 cm³/mol. The molecule has 0 aliphatic heterocycles. The summed E-state index contributed by atoms with van der Waals surface area (Å²) in [4.78, 5) is 24.0. The average Bonchev–Trinajstić information content (AvgIpc) is 2.87. The van der Waals surface area contributed by atoms with Crippen molar-refractivity contribution >= 4 is 17.6 Å². The molecule has 2 heterocycles. The van der Waals surface area contributed by atoms with Crippen LogP contribution in [0.25, 0.3) is 0 Å². The van der Waals surface area contributed by atoms with Gasteiger partial charge in [0.2, 0.25) is 0 Å². The number of furan rings is 1. The molecule has 0 aromatic carbocycles. The topological polar surface area (TPSA) is 83.2 Å². The quantitative estimate of drug-likeness (QED) is 0.867. The maximum atomic E-state index is 12.2. The first-order chi connectivity index (χ1) is 9.13. The predicted octanol–water partition coefficient (Wildman–Crippen LogP) is 0.596. The van der Waals surface area contributed by atoms with E-state index in [1.54, 1.807) is 23.9 Å². The van der Waals surface area contributed by atoms with E-state index in [0.29, 0.717) is 18.1 Å². The van der Waals surface area contributed by atoms with Gasteiger partial charge in [-0.25, -0.2) is 4.79 Å². The van der Waals surface area contributed by atoms with Crippen molar-refractivity contribution in [2.75, 3.05) is 17.7 Å². The zero-order chi connectivity index (χ0) is 13.8. The summed E-state index contributed by atoms with van der Waals surface area (Å²) in [7, 11) is 0. The normalized spacial score (nSPS) is 10.8. The molecule has 0 saturated heterocycles. The van der Waals surface area contributed by atoms with Crippen LogP contribution in [-0.4, -0.2) is 21.1 Å². The second-order valence-corrected chi connectivity index (χ2v) is 4.99. The number of aromatic nitrogens is 2. The third-order valence-electron chi connectivity index (χ3n) is 2.72. The van der Waals surface area contributed by atoms with E-state index < -0.39 is 5.69 Å². The van der Waals surface area contributed by atoms with Crippen LogP contribution in [0, 0.1) is 0 Å². The number of anilines is 1. The third-order valence-corrected chi connectivity index (χ3v) is 3.31. The van der Waals surface area contributed by atoms with Gasteiger partial charge in [0.05, 0.1) is 12.8 Å². The standard InChI is InChI=1S/C12H15N3O3S/c1-19-6-4-14-11(16)7-10(13)15(12(14)17)8-9-3-2-5-18-9/h2-3,5,7H,4,6,8,13H2,1H3. The highest BCUT2D eigenvalue weighted by Gasteiger charge is 2.10. The molecule has 6 nitrogen and oxygen atoms in total. The van der Waals surface area contributed by atoms with Crippen LogP contribution in [0.5, 0.6) is 0 Å². The van der Waals surface area contributed by atoms with Gasteiger partial charge in [0.25, 0.3) is 5.56 Å². The summed E-state index contributed by atoms with van der Waals surface area (Å²) in [6.07, 6.45) is 3.45. The van der Waals surface area contributed by atoms with Crippen molar-refractivity contribution in [1.29, 1.82) is 0 Å². The molecule has 0 atom stereocenters. The van der Waals surface area contributed by atoms with E-state index in [1.807, 2.05) is 6.26 Å². The van der Waals surface area contributed by atoms with Gasteiger partial charge in [-0.3, -0.25) is 13.9 Å². The molecule has 0 aliphatic carbocycles. The largest absolute Gasteiger partial charge is 0.467 e. The highest BCUT2D eigenvalue weighted by Crippen LogP contribution is 2.04. The summed E-state index contributed by atoms with van der Waals surface area (Å²) in [6.45, 7) is 0.592. The average molecular weight is 281 g/mol. The Kier molecular flexibility index (Phi) is 4.16. The van der Waals surface area contributed by atoms with Gasteiger partial charge >= 0.3 is 5.69 Å². The lowest BCUT2D eigenvalue weighted by molar-refractivity contribution is 0.481. The Morgan fingerprint density at radius 1 is 1.37 bits per heavy atom. The van der Waals surface area contributed by atoms with Crippen molar-refractivity contribution in [2.45, 2.75) is 13.1 Å². The Labute approximate surface area is 113 Å². The lowest BCUT2D eigenvalue weighted by Gasteiger charge is -2.11. The van der Waals surface area contributed by atoms with Crippen molar-refractivity contribution < 1.29 is 4.42 Å². The number of hydrogen-bond acceptors (Lipinski definition) is 5. The molecule has 0 aliphatic rings. The molecule has 2 rings (SSSR count). The summed E-state index contributed by atoms with van der Waals surface area (Å²) in [5, 5.41) is 0. The van der Waals surface area contributed by atoms with E-state index in [1.165, 1.54) is 21.5 Å². The molecular formula is C12H15N3O3S. The SMILES string of the molecule is CSCCn1c(=O)cc(N)n(Cc2ccco2)c1=O. The van der Waals surface area contributed by atoms with Gasteiger partial charge in [-0.1, -0.05) is 0 Å². The minimum absolute atomic E-state index is 0.145. The van der Waals surface area contributed by atoms with Crippen LogP contribution in [0.3, 0.4) is 0 Å². The molecule has 2 N–H and O–H groups in total. The van der Waals surface area contributed by atoms with Gasteiger partial charge in [-0.05, 0) is 18.4 Å². The van der Waals surface area contributed by atoms with Crippen LogP contribution in [0.15, 0.2) is 38.5 Å². The molecule has 0 saturated carbocycles. The second kappa shape index (κ2) is 5.83. The highest BCUT2D eigenvalue weighted by atomic mass is 32.2. The third kappa shape index (κ3) is 2.93. The number of nitrogens with two attached hydrogens (primary N) is 1. The fourth-order valence-electron chi connectivity index (χ4n) is 1.74. The van der Waals surface area contributed by atoms with E-state index >= 15 is 0 Å². The molecular weight excluding hydrogens is 266 g/mol. The molecule has 19 heavy (non-hydrogen) atoms. The molecule has 0 fully saturated rings. The zero-order valence-corrected chi connectivity index (χ0v) is 11.4. The van der Waals surface area contributed by atoms with Crippen LogP contribution in [0.4, 0.5) is 5.82 Å². The number of nitrogens with zero attached hydrogens (tertiary/aromatic N) is 2. The van der Waals surface area contributed by atoms with Crippen LogP contribution in [0.1, 0.15) is 5.76 Å². The lowest BCUT2D eigenvalue weighted by atomic mass is 10.4. The summed E-state index contributed by atoms with van der Waals surface area (Å²) in [6, 6.07) is 4.76. The van der Waals surface area contributed by atoms with E-state index in [-0.39, 0.29) is 17.9 Å². The first-order valence-electron chi connectivity index (χ1n) is 5.75. The fourth-order valence-corrected chi connectivity index (χ4v) is 2.10. The summed E-state index contributed by atoms with van der Waals surface area (Å²) in [5.74, 6) is 1.45. The number of nitrogen functional groups attached to an aromatic ring is 1. The molecule has 0 amide bonds. The molecule has 102 valence electrons. The molecule has 0 spiro atoms. The van der Waals surface area contributed by atoms with Crippen molar-refractivity contribution in [2.24, 2.45) is 0 Å². The second-order valence-electron chi connectivity index (χ2n) is 4.00. The molecule has 2 aromatic heterocycles. The summed E-state index contributed by atoms with van der Waals surface area (Å²) < 4.78 is 7.72. The van der Waals surface area contributed by atoms with Crippen molar-refractivity contribution in [3.05, 3.63) is 51.1 Å². The minimum Gasteiger partial charge on any atom is -0.467 e. The summed E-state index contributed by atoms with van der Waals surface area (Å²) in [5.41, 5.74) is 4.96. The van der Waals surface area contributed by atoms with E-state index in [4.69, 9.17) is 10.2 Å². The number of hydrogen-bond donors (Lipinski definition) is 1. The van der Waals surface area contributed by atoms with Gasteiger partial charge in [0.1, 0.15) is 11.6 Å². The Morgan fingerprint density at radius 3 is 2.79 bits per heavy atom. The number of rotatable bonds is 5. The molecule has 0 unspecified atom stereocenters. The van der Waals surface area contributed by atoms with Crippen LogP contribution < -0.4 is 17.0 Å². The Hall–Kier alpha value is -1.89. The van der Waals surface area contributed by atoms with Crippen LogP contribution in [0.2, 0.25) is 0 Å². The van der Waals surface area contributed by atoms with Crippen LogP contribution in [-0.2, 0) is 13.1 Å². The molecule has 0 radical (unpaired) electrons. The van der Waals surface area contributed by atoms with Gasteiger partial charge in [0.15, 0.2) is 0 Å². The summed E-state index contributed by atoms with van der Waals surface area (Å²) >= 11 is 1.57. The monoisotopic (exact) mass is 281 g/mol. The maximum Gasteiger partial charge on any atom is 0.333 e. The van der Waals surface area contributed by atoms with Gasteiger partial charge in [-0.15, -0.1) is 0 Å². The highest BCUT2D eigenvalue weighted by molar-refractivity contribution is 7.98. The van der Waals surface area contributed by atoms with E-state index in [0.717, 1.165) is 0 Å². The van der Waals surface area contributed by atoms with Crippen molar-refractivity contribution in [3.8, 4) is 0 Å². The van der Waals surface area contributed by atoms with Crippen molar-refractivity contribution in [3.63, 3.8) is 0 Å². The zero-order valence-electron chi connectivity index (χ0n) is 10.5. The first kappa shape index (κ1) is 13.5. The van der Waals surface area contributed by atoms with Gasteiger partial charge < -0.3 is 10.2 Å². The first-order valence-corrected chi connectivity index (χ1v) is 7.14. The Bertz CT molecular complexity index is 658. The number of thioether (sulfide) groups is 1. The van der Waals surface area contributed by atoms with E-state index in [9.17, 15) is 9.59 Å². The minimum atomic E-state index is -0.407. The van der Waals surface area contributed by atoms with Crippen LogP contribution >= 0.6 is 11.8 Å². The van der Waals surface area contributed by atoms with Crippen molar-refractivity contribution in [1.82, 2.24) is 9.13 Å². The molecule has 2 aromatic rings. The molecule has 7 heteroatoms. The fraction of sp³-hybridized carbons (Fsp3) is 0.333. The Balaban J connectivity index is 2.43. The molecule has 0 bridgehead atoms. The lowest BCUT2D eigenvalue weighted by Crippen LogP contribution is -2.41.